The highest BCUT2D eigenvalue weighted by molar-refractivity contribution is 5.99. The molecule has 2 aliphatic rings. The Labute approximate surface area is 128 Å². The summed E-state index contributed by atoms with van der Waals surface area (Å²) in [5.41, 5.74) is -0.447. The van der Waals surface area contributed by atoms with Gasteiger partial charge in [-0.25, -0.2) is 0 Å². The van der Waals surface area contributed by atoms with E-state index in [1.807, 2.05) is 0 Å². The van der Waals surface area contributed by atoms with Crippen molar-refractivity contribution in [2.24, 2.45) is 11.3 Å². The number of carbonyl (C=O) groups is 2. The van der Waals surface area contributed by atoms with Crippen molar-refractivity contribution < 1.29 is 14.3 Å². The van der Waals surface area contributed by atoms with Crippen molar-refractivity contribution in [1.29, 1.82) is 0 Å². The predicted octanol–water partition coefficient (Wildman–Crippen LogP) is 4.78. The molecule has 1 aliphatic carbocycles. The number of ether oxygens (including phenoxy) is 1. The van der Waals surface area contributed by atoms with Crippen LogP contribution in [0.5, 0.6) is 0 Å². The van der Waals surface area contributed by atoms with E-state index >= 15 is 0 Å². The van der Waals surface area contributed by atoms with Crippen molar-refractivity contribution in [3.8, 4) is 0 Å². The molecule has 1 saturated carbocycles. The summed E-state index contributed by atoms with van der Waals surface area (Å²) in [5, 5.41) is 0. The minimum Gasteiger partial charge on any atom is -0.392 e. The zero-order valence-corrected chi connectivity index (χ0v) is 13.5. The van der Waals surface area contributed by atoms with E-state index in [4.69, 9.17) is 4.74 Å². The zero-order valence-electron chi connectivity index (χ0n) is 13.5. The molecule has 0 aromatic heterocycles. The van der Waals surface area contributed by atoms with E-state index < -0.39 is 5.41 Å². The third-order valence-electron chi connectivity index (χ3n) is 5.39. The second-order valence-electron chi connectivity index (χ2n) is 6.89. The zero-order chi connectivity index (χ0) is 15.1. The van der Waals surface area contributed by atoms with Gasteiger partial charge in [-0.05, 0) is 19.3 Å². The topological polar surface area (TPSA) is 43.4 Å². The number of fused-ring (bicyclic) bond motifs is 1. The van der Waals surface area contributed by atoms with E-state index in [1.165, 1.54) is 44.9 Å². The number of hydrogen-bond acceptors (Lipinski definition) is 3. The largest absolute Gasteiger partial charge is 0.392 e. The van der Waals surface area contributed by atoms with Gasteiger partial charge in [0.1, 0.15) is 0 Å². The van der Waals surface area contributed by atoms with Gasteiger partial charge in [0.15, 0.2) is 0 Å². The number of carbonyl (C=O) groups excluding carboxylic acids is 2. The van der Waals surface area contributed by atoms with Crippen LogP contribution >= 0.6 is 0 Å². The molecular weight excluding hydrogens is 264 g/mol. The minimum atomic E-state index is -0.447. The maximum absolute atomic E-state index is 12.1. The lowest BCUT2D eigenvalue weighted by Gasteiger charge is -2.33. The summed E-state index contributed by atoms with van der Waals surface area (Å²) in [7, 11) is 0. The standard InChI is InChI=1S/C18H30O3/c1-2-3-4-5-6-7-8-10-13-18-14-11-9-12-15(18)16(19)21-17(18)20/h15H,2-14H2,1H3. The van der Waals surface area contributed by atoms with E-state index in [2.05, 4.69) is 6.92 Å². The summed E-state index contributed by atoms with van der Waals surface area (Å²) in [6.45, 7) is 2.24. The normalized spacial score (nSPS) is 28.5. The van der Waals surface area contributed by atoms with Gasteiger partial charge in [0, 0.05) is 0 Å². The second-order valence-corrected chi connectivity index (χ2v) is 6.89. The van der Waals surface area contributed by atoms with Gasteiger partial charge in [0.2, 0.25) is 0 Å². The molecule has 0 amide bonds. The minimum absolute atomic E-state index is 0.136. The molecule has 0 bridgehead atoms. The molecule has 3 nitrogen and oxygen atoms in total. The summed E-state index contributed by atoms with van der Waals surface area (Å²) >= 11 is 0. The molecule has 1 saturated heterocycles. The van der Waals surface area contributed by atoms with Gasteiger partial charge >= 0.3 is 11.9 Å². The first-order chi connectivity index (χ1) is 10.2. The molecule has 120 valence electrons. The highest BCUT2D eigenvalue weighted by Gasteiger charge is 2.57. The molecular formula is C18H30O3. The van der Waals surface area contributed by atoms with Crippen LogP contribution in [0.2, 0.25) is 0 Å². The maximum atomic E-state index is 12.1. The lowest BCUT2D eigenvalue weighted by Crippen LogP contribution is -2.36. The van der Waals surface area contributed by atoms with Crippen molar-refractivity contribution >= 4 is 11.9 Å². The van der Waals surface area contributed by atoms with Crippen molar-refractivity contribution in [3.63, 3.8) is 0 Å². The lowest BCUT2D eigenvalue weighted by atomic mass is 9.65. The summed E-state index contributed by atoms with van der Waals surface area (Å²) < 4.78 is 4.96. The Bertz CT molecular complexity index is 363. The molecule has 1 aliphatic heterocycles. The van der Waals surface area contributed by atoms with Gasteiger partial charge in [0.05, 0.1) is 11.3 Å². The van der Waals surface area contributed by atoms with E-state index in [-0.39, 0.29) is 17.9 Å². The van der Waals surface area contributed by atoms with Crippen molar-refractivity contribution in [2.45, 2.75) is 90.4 Å². The van der Waals surface area contributed by atoms with Crippen LogP contribution in [0.15, 0.2) is 0 Å². The number of esters is 2. The smallest absolute Gasteiger partial charge is 0.320 e. The van der Waals surface area contributed by atoms with Crippen LogP contribution in [0.1, 0.15) is 90.4 Å². The van der Waals surface area contributed by atoms with Crippen LogP contribution in [0.3, 0.4) is 0 Å². The third-order valence-corrected chi connectivity index (χ3v) is 5.39. The Morgan fingerprint density at radius 1 is 1.00 bits per heavy atom. The molecule has 1 heterocycles. The molecule has 2 unspecified atom stereocenters. The summed E-state index contributed by atoms with van der Waals surface area (Å²) in [6.07, 6.45) is 14.8. The van der Waals surface area contributed by atoms with E-state index in [9.17, 15) is 9.59 Å². The van der Waals surface area contributed by atoms with Gasteiger partial charge in [-0.2, -0.15) is 0 Å². The van der Waals surface area contributed by atoms with Crippen molar-refractivity contribution in [1.82, 2.24) is 0 Å². The Morgan fingerprint density at radius 3 is 2.38 bits per heavy atom. The molecule has 2 atom stereocenters. The van der Waals surface area contributed by atoms with Gasteiger partial charge in [-0.3, -0.25) is 9.59 Å². The average molecular weight is 294 g/mol. The second kappa shape index (κ2) is 7.95. The monoisotopic (exact) mass is 294 g/mol. The first-order valence-corrected chi connectivity index (χ1v) is 8.97. The fourth-order valence-electron chi connectivity index (χ4n) is 4.07. The molecule has 21 heavy (non-hydrogen) atoms. The molecule has 2 fully saturated rings. The van der Waals surface area contributed by atoms with Gasteiger partial charge in [-0.1, -0.05) is 71.1 Å². The molecule has 0 spiro atoms. The fraction of sp³-hybridized carbons (Fsp3) is 0.889. The van der Waals surface area contributed by atoms with Crippen LogP contribution in [-0.2, 0) is 14.3 Å². The van der Waals surface area contributed by atoms with Crippen LogP contribution in [-0.4, -0.2) is 11.9 Å². The average Bonchev–Trinajstić information content (AvgIpc) is 2.74. The SMILES string of the molecule is CCCCCCCCCCC12CCCCC1C(=O)OC2=O. The van der Waals surface area contributed by atoms with E-state index in [0.29, 0.717) is 0 Å². The van der Waals surface area contributed by atoms with E-state index in [1.54, 1.807) is 0 Å². The predicted molar refractivity (Wildman–Crippen MR) is 82.7 cm³/mol. The number of unbranched alkanes of at least 4 members (excludes halogenated alkanes) is 7. The van der Waals surface area contributed by atoms with Gasteiger partial charge in [0.25, 0.3) is 0 Å². The highest BCUT2D eigenvalue weighted by atomic mass is 16.6. The fourth-order valence-corrected chi connectivity index (χ4v) is 4.07. The maximum Gasteiger partial charge on any atom is 0.320 e. The van der Waals surface area contributed by atoms with Crippen LogP contribution in [0, 0.1) is 11.3 Å². The van der Waals surface area contributed by atoms with Gasteiger partial charge < -0.3 is 4.74 Å². The Hall–Kier alpha value is -0.860. The number of hydrogen-bond donors (Lipinski definition) is 0. The highest BCUT2D eigenvalue weighted by Crippen LogP contribution is 2.50. The Morgan fingerprint density at radius 2 is 1.67 bits per heavy atom. The van der Waals surface area contributed by atoms with Crippen molar-refractivity contribution in [3.05, 3.63) is 0 Å². The van der Waals surface area contributed by atoms with Crippen LogP contribution in [0.4, 0.5) is 0 Å². The van der Waals surface area contributed by atoms with Crippen LogP contribution < -0.4 is 0 Å². The molecule has 0 aromatic rings. The van der Waals surface area contributed by atoms with E-state index in [0.717, 1.165) is 38.5 Å². The Balaban J connectivity index is 1.71. The Kier molecular flexibility index (Phi) is 6.25. The first kappa shape index (κ1) is 16.5. The number of cyclic esters (lactones) is 2. The van der Waals surface area contributed by atoms with Crippen LogP contribution in [0.25, 0.3) is 0 Å². The first-order valence-electron chi connectivity index (χ1n) is 8.97. The lowest BCUT2D eigenvalue weighted by molar-refractivity contribution is -0.155. The van der Waals surface area contributed by atoms with Crippen molar-refractivity contribution in [2.75, 3.05) is 0 Å². The molecule has 0 aromatic carbocycles. The summed E-state index contributed by atoms with van der Waals surface area (Å²) in [6, 6.07) is 0. The van der Waals surface area contributed by atoms with Gasteiger partial charge in [-0.15, -0.1) is 0 Å². The molecule has 0 radical (unpaired) electrons. The summed E-state index contributed by atoms with van der Waals surface area (Å²) in [4.78, 5) is 24.0. The number of rotatable bonds is 9. The molecule has 0 N–H and O–H groups in total. The summed E-state index contributed by atoms with van der Waals surface area (Å²) in [5.74, 6) is -0.609. The molecule has 2 rings (SSSR count). The third kappa shape index (κ3) is 3.87. The molecule has 3 heteroatoms. The quantitative estimate of drug-likeness (QED) is 0.349.